The van der Waals surface area contributed by atoms with Gasteiger partial charge in [-0.3, -0.25) is 10.1 Å². The molecule has 2 aromatic rings. The fourth-order valence-electron chi connectivity index (χ4n) is 1.73. The van der Waals surface area contributed by atoms with E-state index >= 15 is 0 Å². The van der Waals surface area contributed by atoms with Gasteiger partial charge in [0.1, 0.15) is 23.9 Å². The van der Waals surface area contributed by atoms with Crippen LogP contribution >= 0.6 is 0 Å². The normalized spacial score (nSPS) is 10.1. The number of rotatable bonds is 6. The van der Waals surface area contributed by atoms with E-state index in [2.05, 4.69) is 5.32 Å². The number of nitro benzene ring substituents is 1. The van der Waals surface area contributed by atoms with Crippen LogP contribution in [-0.4, -0.2) is 18.1 Å². The molecule has 0 bridgehead atoms. The van der Waals surface area contributed by atoms with Gasteiger partial charge in [0.2, 0.25) is 0 Å². The zero-order chi connectivity index (χ0) is 15.2. The van der Waals surface area contributed by atoms with Gasteiger partial charge in [0.05, 0.1) is 4.92 Å². The van der Waals surface area contributed by atoms with Gasteiger partial charge in [-0.1, -0.05) is 0 Å². The number of halogens is 1. The maximum atomic E-state index is 13.1. The highest BCUT2D eigenvalue weighted by molar-refractivity contribution is 5.61. The Kier molecular flexibility index (Phi) is 4.55. The molecule has 0 aliphatic rings. The lowest BCUT2D eigenvalue weighted by Gasteiger charge is -2.09. The highest BCUT2D eigenvalue weighted by Crippen LogP contribution is 2.24. The molecule has 21 heavy (non-hydrogen) atoms. The number of nitro groups is 1. The van der Waals surface area contributed by atoms with Crippen LogP contribution in [0.15, 0.2) is 42.5 Å². The molecule has 7 heteroatoms. The zero-order valence-electron chi connectivity index (χ0n) is 11.1. The molecule has 110 valence electrons. The minimum atomic E-state index is -0.567. The van der Waals surface area contributed by atoms with E-state index in [1.54, 1.807) is 24.3 Å². The van der Waals surface area contributed by atoms with Crippen LogP contribution in [0.5, 0.6) is 5.75 Å². The van der Waals surface area contributed by atoms with Crippen LogP contribution in [0.4, 0.5) is 21.5 Å². The number of hydrogen-bond acceptors (Lipinski definition) is 5. The van der Waals surface area contributed by atoms with Crippen molar-refractivity contribution >= 4 is 17.1 Å². The molecule has 0 spiro atoms. The number of nitrogens with two attached hydrogens (primary N) is 1. The molecule has 0 aliphatic heterocycles. The third kappa shape index (κ3) is 4.07. The predicted molar refractivity (Wildman–Crippen MR) is 77.9 cm³/mol. The Labute approximate surface area is 120 Å². The minimum absolute atomic E-state index is 0.126. The van der Waals surface area contributed by atoms with E-state index in [0.717, 1.165) is 18.2 Å². The largest absolute Gasteiger partial charge is 0.492 e. The van der Waals surface area contributed by atoms with E-state index in [0.29, 0.717) is 18.0 Å². The molecule has 2 aromatic carbocycles. The van der Waals surface area contributed by atoms with Crippen molar-refractivity contribution in [2.75, 3.05) is 24.2 Å². The third-order valence-electron chi connectivity index (χ3n) is 2.72. The first-order valence-electron chi connectivity index (χ1n) is 6.22. The number of nitrogens with zero attached hydrogens (tertiary/aromatic N) is 1. The van der Waals surface area contributed by atoms with Crippen LogP contribution in [0.3, 0.4) is 0 Å². The molecule has 0 fully saturated rings. The molecule has 0 saturated carbocycles. The van der Waals surface area contributed by atoms with Gasteiger partial charge in [0.15, 0.2) is 0 Å². The van der Waals surface area contributed by atoms with Crippen molar-refractivity contribution in [1.29, 1.82) is 0 Å². The number of anilines is 2. The smallest absolute Gasteiger partial charge is 0.292 e. The molecule has 0 saturated heterocycles. The molecular formula is C14H14FN3O3. The Morgan fingerprint density at radius 3 is 2.62 bits per heavy atom. The number of benzene rings is 2. The summed E-state index contributed by atoms with van der Waals surface area (Å²) in [5.41, 5.74) is 6.13. The first-order valence-corrected chi connectivity index (χ1v) is 6.22. The summed E-state index contributed by atoms with van der Waals surface area (Å²) in [6.45, 7) is 0.576. The van der Waals surface area contributed by atoms with E-state index in [4.69, 9.17) is 10.5 Å². The Bertz CT molecular complexity index is 632. The Morgan fingerprint density at radius 1 is 1.24 bits per heavy atom. The molecule has 6 nitrogen and oxygen atoms in total. The predicted octanol–water partition coefficient (Wildman–Crippen LogP) is 2.81. The lowest BCUT2D eigenvalue weighted by molar-refractivity contribution is -0.384. The van der Waals surface area contributed by atoms with Crippen LogP contribution in [-0.2, 0) is 0 Å². The van der Waals surface area contributed by atoms with Crippen molar-refractivity contribution < 1.29 is 14.1 Å². The van der Waals surface area contributed by atoms with E-state index in [1.165, 1.54) is 0 Å². The van der Waals surface area contributed by atoms with Crippen LogP contribution in [0.2, 0.25) is 0 Å². The average Bonchev–Trinajstić information content (AvgIpc) is 2.45. The Morgan fingerprint density at radius 2 is 1.95 bits per heavy atom. The van der Waals surface area contributed by atoms with Gasteiger partial charge in [-0.05, 0) is 30.3 Å². The number of ether oxygens (including phenoxy) is 1. The fourth-order valence-corrected chi connectivity index (χ4v) is 1.73. The molecule has 0 atom stereocenters. The van der Waals surface area contributed by atoms with Gasteiger partial charge in [-0.15, -0.1) is 0 Å². The molecule has 0 aromatic heterocycles. The van der Waals surface area contributed by atoms with Crippen LogP contribution in [0.25, 0.3) is 0 Å². The lowest BCUT2D eigenvalue weighted by Crippen LogP contribution is -2.12. The number of nitrogen functional groups attached to an aromatic ring is 1. The second-order valence-electron chi connectivity index (χ2n) is 4.26. The molecule has 3 N–H and O–H groups in total. The van der Waals surface area contributed by atoms with Crippen molar-refractivity contribution in [3.05, 3.63) is 58.4 Å². The summed E-state index contributed by atoms with van der Waals surface area (Å²) in [5, 5.41) is 13.6. The first kappa shape index (κ1) is 14.6. The van der Waals surface area contributed by atoms with Crippen molar-refractivity contribution in [2.45, 2.75) is 0 Å². The van der Waals surface area contributed by atoms with E-state index in [-0.39, 0.29) is 18.0 Å². The first-order chi connectivity index (χ1) is 10.1. The molecule has 2 rings (SSSR count). The van der Waals surface area contributed by atoms with Crippen LogP contribution < -0.4 is 15.8 Å². The van der Waals surface area contributed by atoms with E-state index < -0.39 is 10.7 Å². The Hall–Kier alpha value is -2.83. The number of nitrogens with one attached hydrogen (secondary N) is 1. The summed E-state index contributed by atoms with van der Waals surface area (Å²) >= 11 is 0. The van der Waals surface area contributed by atoms with Crippen molar-refractivity contribution in [1.82, 2.24) is 0 Å². The second-order valence-corrected chi connectivity index (χ2v) is 4.26. The maximum absolute atomic E-state index is 13.1. The van der Waals surface area contributed by atoms with Crippen molar-refractivity contribution in [3.63, 3.8) is 0 Å². The van der Waals surface area contributed by atoms with Gasteiger partial charge in [-0.2, -0.15) is 0 Å². The number of hydrogen-bond donors (Lipinski definition) is 2. The Balaban J connectivity index is 1.90. The average molecular weight is 291 g/mol. The second kappa shape index (κ2) is 6.56. The van der Waals surface area contributed by atoms with Crippen molar-refractivity contribution in [2.24, 2.45) is 0 Å². The van der Waals surface area contributed by atoms with Crippen LogP contribution in [0.1, 0.15) is 0 Å². The molecule has 0 amide bonds. The summed E-state index contributed by atoms with van der Waals surface area (Å²) in [7, 11) is 0. The molecule has 0 unspecified atom stereocenters. The molecular weight excluding hydrogens is 277 g/mol. The highest BCUT2D eigenvalue weighted by Gasteiger charge is 2.13. The van der Waals surface area contributed by atoms with Gasteiger partial charge >= 0.3 is 0 Å². The monoisotopic (exact) mass is 291 g/mol. The zero-order valence-corrected chi connectivity index (χ0v) is 11.1. The van der Waals surface area contributed by atoms with Crippen LogP contribution in [0, 0.1) is 15.9 Å². The minimum Gasteiger partial charge on any atom is -0.492 e. The molecule has 0 heterocycles. The SMILES string of the molecule is Nc1ccc(OCCNc2cc(F)ccc2[N+](=O)[O-])cc1. The van der Waals surface area contributed by atoms with Gasteiger partial charge < -0.3 is 15.8 Å². The summed E-state index contributed by atoms with van der Waals surface area (Å²) in [6, 6.07) is 10.1. The molecule has 0 radical (unpaired) electrons. The quantitative estimate of drug-likeness (QED) is 0.369. The lowest BCUT2D eigenvalue weighted by atomic mass is 10.2. The topological polar surface area (TPSA) is 90.4 Å². The van der Waals surface area contributed by atoms with Gasteiger partial charge in [-0.25, -0.2) is 4.39 Å². The highest BCUT2D eigenvalue weighted by atomic mass is 19.1. The van der Waals surface area contributed by atoms with Gasteiger partial charge in [0.25, 0.3) is 5.69 Å². The molecule has 0 aliphatic carbocycles. The third-order valence-corrected chi connectivity index (χ3v) is 2.72. The van der Waals surface area contributed by atoms with Crippen molar-refractivity contribution in [3.8, 4) is 5.75 Å². The van der Waals surface area contributed by atoms with Gasteiger partial charge in [0, 0.05) is 24.4 Å². The summed E-state index contributed by atoms with van der Waals surface area (Å²) < 4.78 is 18.5. The fraction of sp³-hybridized carbons (Fsp3) is 0.143. The standard InChI is InChI=1S/C14H14FN3O3/c15-10-1-6-14(18(19)20)13(9-10)17-7-8-21-12-4-2-11(16)3-5-12/h1-6,9,17H,7-8,16H2. The van der Waals surface area contributed by atoms with E-state index in [9.17, 15) is 14.5 Å². The maximum Gasteiger partial charge on any atom is 0.292 e. The summed E-state index contributed by atoms with van der Waals surface area (Å²) in [6.07, 6.45) is 0. The summed E-state index contributed by atoms with van der Waals surface area (Å²) in [5.74, 6) is 0.0993. The summed E-state index contributed by atoms with van der Waals surface area (Å²) in [4.78, 5) is 10.3. The van der Waals surface area contributed by atoms with E-state index in [1.807, 2.05) is 0 Å².